The Labute approximate surface area is 178 Å². The van der Waals surface area contributed by atoms with Gasteiger partial charge in [-0.3, -0.25) is 4.99 Å². The lowest BCUT2D eigenvalue weighted by molar-refractivity contribution is -0.274. The lowest BCUT2D eigenvalue weighted by atomic mass is 10.2. The van der Waals surface area contributed by atoms with E-state index in [-0.39, 0.29) is 42.2 Å². The topological polar surface area (TPSA) is 84.6 Å². The molecule has 7 nitrogen and oxygen atoms in total. The summed E-state index contributed by atoms with van der Waals surface area (Å²) in [7, 11) is 1.57. The Hall–Kier alpha value is -2.05. The van der Waals surface area contributed by atoms with Crippen LogP contribution in [0.5, 0.6) is 5.75 Å². The van der Waals surface area contributed by atoms with Gasteiger partial charge in [0.25, 0.3) is 0 Å². The number of ether oxygens (including phenoxy) is 1. The molecule has 0 fully saturated rings. The van der Waals surface area contributed by atoms with E-state index >= 15 is 0 Å². The van der Waals surface area contributed by atoms with E-state index in [0.717, 1.165) is 0 Å². The first kappa shape index (κ1) is 24.0. The Balaban J connectivity index is 0.00000392. The maximum absolute atomic E-state index is 12.5. The van der Waals surface area contributed by atoms with Crippen molar-refractivity contribution in [3.63, 3.8) is 0 Å². The van der Waals surface area contributed by atoms with Crippen LogP contribution in [-0.4, -0.2) is 36.1 Å². The van der Waals surface area contributed by atoms with E-state index in [4.69, 9.17) is 4.52 Å². The summed E-state index contributed by atoms with van der Waals surface area (Å²) in [6, 6.07) is 5.93. The van der Waals surface area contributed by atoms with Crippen LogP contribution in [-0.2, 0) is 13.0 Å². The number of aliphatic imine (C=N–C) groups is 1. The first-order valence-corrected chi connectivity index (χ1v) is 8.39. The van der Waals surface area contributed by atoms with Crippen molar-refractivity contribution in [2.75, 3.05) is 13.6 Å². The zero-order valence-electron chi connectivity index (χ0n) is 15.7. The summed E-state index contributed by atoms with van der Waals surface area (Å²) in [5.74, 6) is 1.52. The molecule has 2 rings (SSSR count). The molecule has 0 aliphatic carbocycles. The lowest BCUT2D eigenvalue weighted by Crippen LogP contribution is -2.38. The van der Waals surface area contributed by atoms with Crippen molar-refractivity contribution in [1.29, 1.82) is 0 Å². The van der Waals surface area contributed by atoms with E-state index in [1.165, 1.54) is 12.1 Å². The van der Waals surface area contributed by atoms with E-state index < -0.39 is 6.36 Å². The molecule has 0 amide bonds. The lowest BCUT2D eigenvalue weighted by Gasteiger charge is -2.15. The van der Waals surface area contributed by atoms with Gasteiger partial charge in [0.1, 0.15) is 5.75 Å². The second-order valence-electron chi connectivity index (χ2n) is 5.96. The van der Waals surface area contributed by atoms with E-state index in [1.807, 2.05) is 13.8 Å². The van der Waals surface area contributed by atoms with Crippen LogP contribution in [0.3, 0.4) is 0 Å². The Kier molecular flexibility index (Phi) is 9.49. The minimum atomic E-state index is -4.74. The standard InChI is InChI=1S/C17H22F3N5O2.HI/c1-11(2)15-24-14(27-25-15)8-9-22-16(21-3)23-10-12-6-4-5-7-13(12)26-17(18,19)20;/h4-7,11H,8-10H2,1-3H3,(H2,21,22,23);1H. The maximum Gasteiger partial charge on any atom is 0.573 e. The minimum Gasteiger partial charge on any atom is -0.405 e. The van der Waals surface area contributed by atoms with Gasteiger partial charge in [0.2, 0.25) is 5.89 Å². The van der Waals surface area contributed by atoms with Gasteiger partial charge in [-0.25, -0.2) is 0 Å². The molecule has 11 heteroatoms. The van der Waals surface area contributed by atoms with Gasteiger partial charge in [0.15, 0.2) is 11.8 Å². The molecule has 156 valence electrons. The number of alkyl halides is 3. The predicted molar refractivity (Wildman–Crippen MR) is 109 cm³/mol. The van der Waals surface area contributed by atoms with Gasteiger partial charge in [-0.2, -0.15) is 4.98 Å². The molecule has 0 saturated carbocycles. The Morgan fingerprint density at radius 3 is 2.57 bits per heavy atom. The monoisotopic (exact) mass is 513 g/mol. The molecule has 0 aliphatic rings. The summed E-state index contributed by atoms with van der Waals surface area (Å²) in [6.45, 7) is 4.53. The molecule has 0 aliphatic heterocycles. The molecular weight excluding hydrogens is 490 g/mol. The highest BCUT2D eigenvalue weighted by Gasteiger charge is 2.31. The first-order chi connectivity index (χ1) is 12.8. The minimum absolute atomic E-state index is 0. The summed E-state index contributed by atoms with van der Waals surface area (Å²) >= 11 is 0. The van der Waals surface area contributed by atoms with Crippen molar-refractivity contribution >= 4 is 29.9 Å². The largest absolute Gasteiger partial charge is 0.573 e. The number of halogens is 4. The van der Waals surface area contributed by atoms with Crippen LogP contribution in [0.15, 0.2) is 33.8 Å². The SMILES string of the molecule is CN=C(NCCc1nc(C(C)C)no1)NCc1ccccc1OC(F)(F)F.I. The van der Waals surface area contributed by atoms with E-state index in [1.54, 1.807) is 19.2 Å². The number of para-hydroxylation sites is 1. The fourth-order valence-electron chi connectivity index (χ4n) is 2.17. The van der Waals surface area contributed by atoms with Crippen LogP contribution in [0, 0.1) is 0 Å². The highest BCUT2D eigenvalue weighted by atomic mass is 127. The van der Waals surface area contributed by atoms with Gasteiger partial charge in [-0.1, -0.05) is 37.2 Å². The molecule has 0 unspecified atom stereocenters. The molecular formula is C17H23F3IN5O2. The van der Waals surface area contributed by atoms with Crippen LogP contribution in [0.4, 0.5) is 13.2 Å². The van der Waals surface area contributed by atoms with Crippen LogP contribution < -0.4 is 15.4 Å². The number of nitrogens with zero attached hydrogens (tertiary/aromatic N) is 3. The maximum atomic E-state index is 12.5. The van der Waals surface area contributed by atoms with Crippen LogP contribution in [0.1, 0.15) is 37.0 Å². The van der Waals surface area contributed by atoms with Crippen molar-refractivity contribution in [2.45, 2.75) is 39.1 Å². The zero-order chi connectivity index (χ0) is 19.9. The van der Waals surface area contributed by atoms with Crippen molar-refractivity contribution in [3.05, 3.63) is 41.5 Å². The molecule has 1 aromatic carbocycles. The average Bonchev–Trinajstić information content (AvgIpc) is 3.07. The molecule has 2 aromatic rings. The third-order valence-corrected chi connectivity index (χ3v) is 3.50. The van der Waals surface area contributed by atoms with E-state index in [9.17, 15) is 13.2 Å². The molecule has 1 heterocycles. The predicted octanol–water partition coefficient (Wildman–Crippen LogP) is 3.62. The molecule has 28 heavy (non-hydrogen) atoms. The second kappa shape index (κ2) is 11.1. The van der Waals surface area contributed by atoms with Gasteiger partial charge in [0.05, 0.1) is 0 Å². The van der Waals surface area contributed by atoms with E-state index in [0.29, 0.717) is 36.2 Å². The van der Waals surface area contributed by atoms with Crippen LogP contribution >= 0.6 is 24.0 Å². The quantitative estimate of drug-likeness (QED) is 0.335. The van der Waals surface area contributed by atoms with Gasteiger partial charge >= 0.3 is 6.36 Å². The molecule has 0 radical (unpaired) electrons. The molecule has 0 atom stereocenters. The summed E-state index contributed by atoms with van der Waals surface area (Å²) in [5, 5.41) is 9.87. The third-order valence-electron chi connectivity index (χ3n) is 3.50. The number of benzene rings is 1. The molecule has 1 aromatic heterocycles. The highest BCUT2D eigenvalue weighted by Crippen LogP contribution is 2.26. The third kappa shape index (κ3) is 7.90. The summed E-state index contributed by atoms with van der Waals surface area (Å²) in [6.07, 6.45) is -4.25. The average molecular weight is 513 g/mol. The smallest absolute Gasteiger partial charge is 0.405 e. The number of hydrogen-bond acceptors (Lipinski definition) is 5. The fraction of sp³-hybridized carbons (Fsp3) is 0.471. The fourth-order valence-corrected chi connectivity index (χ4v) is 2.17. The van der Waals surface area contributed by atoms with Gasteiger partial charge in [-0.15, -0.1) is 37.1 Å². The van der Waals surface area contributed by atoms with Crippen LogP contribution in [0.25, 0.3) is 0 Å². The Morgan fingerprint density at radius 1 is 1.25 bits per heavy atom. The normalized spacial score (nSPS) is 11.9. The van der Waals surface area contributed by atoms with Crippen molar-refractivity contribution < 1.29 is 22.4 Å². The zero-order valence-corrected chi connectivity index (χ0v) is 18.0. The Bertz CT molecular complexity index is 765. The number of nitrogens with one attached hydrogen (secondary N) is 2. The summed E-state index contributed by atoms with van der Waals surface area (Å²) in [5.41, 5.74) is 0.358. The van der Waals surface area contributed by atoms with Crippen molar-refractivity contribution in [1.82, 2.24) is 20.8 Å². The summed E-state index contributed by atoms with van der Waals surface area (Å²) in [4.78, 5) is 8.31. The molecule has 0 bridgehead atoms. The highest BCUT2D eigenvalue weighted by molar-refractivity contribution is 14.0. The number of hydrogen-bond donors (Lipinski definition) is 2. The van der Waals surface area contributed by atoms with Crippen molar-refractivity contribution in [3.8, 4) is 5.75 Å². The molecule has 0 spiro atoms. The van der Waals surface area contributed by atoms with Gasteiger partial charge < -0.3 is 19.9 Å². The van der Waals surface area contributed by atoms with Gasteiger partial charge in [-0.05, 0) is 6.07 Å². The molecule has 2 N–H and O–H groups in total. The summed E-state index contributed by atoms with van der Waals surface area (Å²) < 4.78 is 46.6. The number of guanidine groups is 1. The van der Waals surface area contributed by atoms with Crippen LogP contribution in [0.2, 0.25) is 0 Å². The van der Waals surface area contributed by atoms with Gasteiger partial charge in [0, 0.05) is 38.0 Å². The van der Waals surface area contributed by atoms with E-state index in [2.05, 4.69) is 30.5 Å². The van der Waals surface area contributed by atoms with Crippen molar-refractivity contribution in [2.24, 2.45) is 4.99 Å². The first-order valence-electron chi connectivity index (χ1n) is 8.39. The Morgan fingerprint density at radius 2 is 1.96 bits per heavy atom. The number of aromatic nitrogens is 2. The number of rotatable bonds is 7. The second-order valence-corrected chi connectivity index (χ2v) is 5.96. The molecule has 0 saturated heterocycles.